The minimum Gasteiger partial charge on any atom is -0.436 e. The van der Waals surface area contributed by atoms with Crippen LogP contribution in [0, 0.1) is 0 Å². The average Bonchev–Trinajstić information content (AvgIpc) is 3.19. The Morgan fingerprint density at radius 1 is 1.10 bits per heavy atom. The SMILES string of the molecule is CCN(CC)c1ccc(-c2nc3cc(NC(=O)c4cccnc4Cl)ccc3o2)cc1. The molecule has 0 fully saturated rings. The first kappa shape index (κ1) is 19.9. The van der Waals surface area contributed by atoms with E-state index in [1.54, 1.807) is 30.3 Å². The number of carbonyl (C=O) groups is 1. The third kappa shape index (κ3) is 4.00. The van der Waals surface area contributed by atoms with Gasteiger partial charge in [0.15, 0.2) is 5.58 Å². The molecule has 4 rings (SSSR count). The number of anilines is 2. The van der Waals surface area contributed by atoms with Crippen LogP contribution in [0.25, 0.3) is 22.6 Å². The van der Waals surface area contributed by atoms with E-state index in [2.05, 4.69) is 46.2 Å². The van der Waals surface area contributed by atoms with Crippen LogP contribution < -0.4 is 10.2 Å². The Bertz CT molecular complexity index is 1180. The number of nitrogens with zero attached hydrogens (tertiary/aromatic N) is 3. The summed E-state index contributed by atoms with van der Waals surface area (Å²) in [6, 6.07) is 16.8. The van der Waals surface area contributed by atoms with Crippen LogP contribution in [0.3, 0.4) is 0 Å². The van der Waals surface area contributed by atoms with Gasteiger partial charge in [0.25, 0.3) is 5.91 Å². The van der Waals surface area contributed by atoms with E-state index in [0.29, 0.717) is 28.2 Å². The number of pyridine rings is 1. The lowest BCUT2D eigenvalue weighted by atomic mass is 10.2. The molecule has 152 valence electrons. The van der Waals surface area contributed by atoms with Crippen LogP contribution in [-0.4, -0.2) is 29.0 Å². The Kier molecular flexibility index (Phi) is 5.68. The van der Waals surface area contributed by atoms with Crippen molar-refractivity contribution < 1.29 is 9.21 Å². The zero-order valence-corrected chi connectivity index (χ0v) is 17.5. The molecule has 0 unspecified atom stereocenters. The molecule has 1 N–H and O–H groups in total. The van der Waals surface area contributed by atoms with Crippen molar-refractivity contribution in [1.29, 1.82) is 0 Å². The number of aromatic nitrogens is 2. The summed E-state index contributed by atoms with van der Waals surface area (Å²) in [5.74, 6) is 0.207. The van der Waals surface area contributed by atoms with E-state index < -0.39 is 0 Å². The molecule has 0 aliphatic rings. The van der Waals surface area contributed by atoms with E-state index in [1.807, 2.05) is 12.1 Å². The van der Waals surface area contributed by atoms with Crippen LogP contribution in [0.2, 0.25) is 5.15 Å². The Hall–Kier alpha value is -3.38. The number of amides is 1. The first-order chi connectivity index (χ1) is 14.6. The standard InChI is InChI=1S/C23H21ClN4O2/c1-3-28(4-2)17-10-7-15(8-11-17)23-27-19-14-16(9-12-20(19)30-23)26-22(29)18-6-5-13-25-21(18)24/h5-14H,3-4H2,1-2H3,(H,26,29). The molecule has 2 aromatic heterocycles. The van der Waals surface area contributed by atoms with E-state index in [0.717, 1.165) is 18.7 Å². The quantitative estimate of drug-likeness (QED) is 0.408. The Balaban J connectivity index is 1.57. The first-order valence-corrected chi connectivity index (χ1v) is 10.1. The summed E-state index contributed by atoms with van der Waals surface area (Å²) in [5.41, 5.74) is 4.29. The van der Waals surface area contributed by atoms with Crippen LogP contribution in [0.15, 0.2) is 65.2 Å². The van der Waals surface area contributed by atoms with E-state index in [1.165, 1.54) is 11.9 Å². The monoisotopic (exact) mass is 420 g/mol. The van der Waals surface area contributed by atoms with Gasteiger partial charge in [0.1, 0.15) is 10.7 Å². The number of halogens is 1. The second-order valence-corrected chi connectivity index (χ2v) is 7.07. The van der Waals surface area contributed by atoms with Gasteiger partial charge in [-0.15, -0.1) is 0 Å². The first-order valence-electron chi connectivity index (χ1n) is 9.77. The molecule has 2 aromatic carbocycles. The molecule has 0 radical (unpaired) electrons. The summed E-state index contributed by atoms with van der Waals surface area (Å²) in [6.07, 6.45) is 1.54. The minimum atomic E-state index is -0.330. The molecule has 0 aliphatic carbocycles. The van der Waals surface area contributed by atoms with Crippen molar-refractivity contribution in [2.45, 2.75) is 13.8 Å². The predicted octanol–water partition coefficient (Wildman–Crippen LogP) is 5.64. The third-order valence-corrected chi connectivity index (χ3v) is 5.19. The highest BCUT2D eigenvalue weighted by molar-refractivity contribution is 6.33. The topological polar surface area (TPSA) is 71.3 Å². The fourth-order valence-corrected chi connectivity index (χ4v) is 3.49. The molecule has 4 aromatic rings. The van der Waals surface area contributed by atoms with Crippen molar-refractivity contribution in [3.05, 3.63) is 71.5 Å². The van der Waals surface area contributed by atoms with Gasteiger partial charge in [-0.2, -0.15) is 0 Å². The van der Waals surface area contributed by atoms with Gasteiger partial charge < -0.3 is 14.6 Å². The van der Waals surface area contributed by atoms with Gasteiger partial charge in [0.05, 0.1) is 5.56 Å². The highest BCUT2D eigenvalue weighted by Crippen LogP contribution is 2.28. The number of benzene rings is 2. The summed E-state index contributed by atoms with van der Waals surface area (Å²) < 4.78 is 5.90. The summed E-state index contributed by atoms with van der Waals surface area (Å²) in [5, 5.41) is 2.98. The van der Waals surface area contributed by atoms with E-state index in [9.17, 15) is 4.79 Å². The summed E-state index contributed by atoms with van der Waals surface area (Å²) in [7, 11) is 0. The summed E-state index contributed by atoms with van der Waals surface area (Å²) in [4.78, 5) is 23.2. The predicted molar refractivity (Wildman–Crippen MR) is 120 cm³/mol. The second kappa shape index (κ2) is 8.55. The lowest BCUT2D eigenvalue weighted by molar-refractivity contribution is 0.102. The lowest BCUT2D eigenvalue weighted by Gasteiger charge is -2.20. The number of nitrogens with one attached hydrogen (secondary N) is 1. The molecular formula is C23H21ClN4O2. The highest BCUT2D eigenvalue weighted by atomic mass is 35.5. The number of oxazole rings is 1. The molecule has 0 spiro atoms. The van der Waals surface area contributed by atoms with E-state index in [-0.39, 0.29) is 11.1 Å². The zero-order chi connectivity index (χ0) is 21.1. The van der Waals surface area contributed by atoms with Gasteiger partial charge in [-0.25, -0.2) is 9.97 Å². The Morgan fingerprint density at radius 3 is 2.57 bits per heavy atom. The zero-order valence-electron chi connectivity index (χ0n) is 16.7. The van der Waals surface area contributed by atoms with Crippen molar-refractivity contribution >= 4 is 40.0 Å². The van der Waals surface area contributed by atoms with Crippen molar-refractivity contribution in [3.63, 3.8) is 0 Å². The van der Waals surface area contributed by atoms with Gasteiger partial charge in [0, 0.05) is 36.2 Å². The molecule has 0 atom stereocenters. The van der Waals surface area contributed by atoms with Gasteiger partial charge in [0.2, 0.25) is 5.89 Å². The van der Waals surface area contributed by atoms with Crippen LogP contribution >= 0.6 is 11.6 Å². The maximum atomic E-state index is 12.5. The fraction of sp³-hybridized carbons (Fsp3) is 0.174. The molecule has 0 bridgehead atoms. The largest absolute Gasteiger partial charge is 0.436 e. The van der Waals surface area contributed by atoms with Gasteiger partial charge >= 0.3 is 0 Å². The Morgan fingerprint density at radius 2 is 1.87 bits per heavy atom. The van der Waals surface area contributed by atoms with Crippen LogP contribution in [0.5, 0.6) is 0 Å². The molecule has 7 heteroatoms. The molecule has 2 heterocycles. The third-order valence-electron chi connectivity index (χ3n) is 4.89. The highest BCUT2D eigenvalue weighted by Gasteiger charge is 2.13. The maximum absolute atomic E-state index is 12.5. The number of carbonyl (C=O) groups excluding carboxylic acids is 1. The van der Waals surface area contributed by atoms with Crippen molar-refractivity contribution in [3.8, 4) is 11.5 Å². The molecular weight excluding hydrogens is 400 g/mol. The lowest BCUT2D eigenvalue weighted by Crippen LogP contribution is -2.21. The van der Waals surface area contributed by atoms with E-state index >= 15 is 0 Å². The van der Waals surface area contributed by atoms with Gasteiger partial charge in [-0.3, -0.25) is 4.79 Å². The minimum absolute atomic E-state index is 0.160. The smallest absolute Gasteiger partial charge is 0.258 e. The maximum Gasteiger partial charge on any atom is 0.258 e. The molecule has 30 heavy (non-hydrogen) atoms. The molecule has 1 amide bonds. The average molecular weight is 421 g/mol. The normalized spacial score (nSPS) is 10.9. The summed E-state index contributed by atoms with van der Waals surface area (Å²) in [6.45, 7) is 6.18. The molecule has 0 saturated heterocycles. The summed E-state index contributed by atoms with van der Waals surface area (Å²) >= 11 is 6.00. The van der Waals surface area contributed by atoms with Crippen LogP contribution in [0.4, 0.5) is 11.4 Å². The number of fused-ring (bicyclic) bond motifs is 1. The van der Waals surface area contributed by atoms with Crippen molar-refractivity contribution in [2.24, 2.45) is 0 Å². The van der Waals surface area contributed by atoms with Crippen molar-refractivity contribution in [2.75, 3.05) is 23.3 Å². The number of rotatable bonds is 6. The van der Waals surface area contributed by atoms with Crippen LogP contribution in [-0.2, 0) is 0 Å². The van der Waals surface area contributed by atoms with Gasteiger partial charge in [-0.05, 0) is 68.4 Å². The second-order valence-electron chi connectivity index (χ2n) is 6.72. The van der Waals surface area contributed by atoms with Gasteiger partial charge in [-0.1, -0.05) is 11.6 Å². The number of hydrogen-bond donors (Lipinski definition) is 1. The molecule has 0 saturated carbocycles. The van der Waals surface area contributed by atoms with E-state index in [4.69, 9.17) is 16.0 Å². The van der Waals surface area contributed by atoms with Crippen molar-refractivity contribution in [1.82, 2.24) is 9.97 Å². The molecule has 0 aliphatic heterocycles. The molecule has 6 nitrogen and oxygen atoms in total. The number of hydrogen-bond acceptors (Lipinski definition) is 5. The fourth-order valence-electron chi connectivity index (χ4n) is 3.29. The Labute approximate surface area is 179 Å². The van der Waals surface area contributed by atoms with Crippen LogP contribution in [0.1, 0.15) is 24.2 Å².